The van der Waals surface area contributed by atoms with E-state index in [1.165, 1.54) is 6.26 Å². The van der Waals surface area contributed by atoms with Gasteiger partial charge in [-0.1, -0.05) is 27.7 Å². The number of anilines is 1. The Balaban J connectivity index is 1.37. The third kappa shape index (κ3) is 4.87. The first-order chi connectivity index (χ1) is 14.1. The average Bonchev–Trinajstić information content (AvgIpc) is 3.36. The van der Waals surface area contributed by atoms with Crippen molar-refractivity contribution in [2.24, 2.45) is 0 Å². The molecule has 0 saturated heterocycles. The van der Waals surface area contributed by atoms with Gasteiger partial charge >= 0.3 is 5.76 Å². The van der Waals surface area contributed by atoms with E-state index in [0.717, 1.165) is 18.9 Å². The maximum atomic E-state index is 12.3. The van der Waals surface area contributed by atoms with Crippen LogP contribution in [0.2, 0.25) is 0 Å². The maximum Gasteiger partial charge on any atom is 0.437 e. The molecule has 0 fully saturated rings. The Morgan fingerprint density at radius 1 is 1.07 bits per heavy atom. The van der Waals surface area contributed by atoms with Crippen LogP contribution in [0.1, 0.15) is 0 Å². The monoisotopic (exact) mass is 471 g/mol. The molecular formula is C20H14BrN3O4S. The van der Waals surface area contributed by atoms with Gasteiger partial charge in [-0.3, -0.25) is 4.79 Å². The van der Waals surface area contributed by atoms with Gasteiger partial charge in [0.05, 0.1) is 6.26 Å². The van der Waals surface area contributed by atoms with Gasteiger partial charge in [0, 0.05) is 20.0 Å². The predicted octanol–water partition coefficient (Wildman–Crippen LogP) is 4.65. The summed E-state index contributed by atoms with van der Waals surface area (Å²) in [5.41, 5.74) is 0.623. The number of benzene rings is 2. The summed E-state index contributed by atoms with van der Waals surface area (Å²) < 4.78 is 12.1. The van der Waals surface area contributed by atoms with E-state index in [-0.39, 0.29) is 18.3 Å². The van der Waals surface area contributed by atoms with Crippen LogP contribution < -0.4 is 11.1 Å². The molecule has 0 radical (unpaired) electrons. The molecule has 2 heterocycles. The van der Waals surface area contributed by atoms with Crippen LogP contribution in [0.25, 0.3) is 11.7 Å². The summed E-state index contributed by atoms with van der Waals surface area (Å²) in [6.07, 6.45) is 1.44. The van der Waals surface area contributed by atoms with Crippen LogP contribution in [-0.4, -0.2) is 15.7 Å². The molecule has 0 aliphatic rings. The van der Waals surface area contributed by atoms with Gasteiger partial charge in [-0.15, -0.1) is 5.10 Å². The van der Waals surface area contributed by atoms with Crippen LogP contribution >= 0.6 is 27.7 Å². The highest BCUT2D eigenvalue weighted by molar-refractivity contribution is 9.10. The first kappa shape index (κ1) is 19.3. The lowest BCUT2D eigenvalue weighted by Crippen LogP contribution is -2.25. The number of carbonyl (C=O) groups excluding carboxylic acids is 1. The molecule has 146 valence electrons. The van der Waals surface area contributed by atoms with Gasteiger partial charge in [-0.2, -0.15) is 4.68 Å². The number of carbonyl (C=O) groups is 1. The second-order valence-corrected chi connectivity index (χ2v) is 8.00. The molecule has 0 aliphatic carbocycles. The Labute approximate surface area is 177 Å². The summed E-state index contributed by atoms with van der Waals surface area (Å²) in [6.45, 7) is -0.265. The highest BCUT2D eigenvalue weighted by Crippen LogP contribution is 2.29. The summed E-state index contributed by atoms with van der Waals surface area (Å²) in [4.78, 5) is 26.3. The number of nitrogens with zero attached hydrogens (tertiary/aromatic N) is 2. The Hall–Kier alpha value is -3.04. The summed E-state index contributed by atoms with van der Waals surface area (Å²) in [6, 6.07) is 18.7. The molecule has 1 amide bonds. The summed E-state index contributed by atoms with van der Waals surface area (Å²) in [5.74, 6) is -0.769. The molecule has 0 atom stereocenters. The predicted molar refractivity (Wildman–Crippen MR) is 112 cm³/mol. The van der Waals surface area contributed by atoms with Crippen molar-refractivity contribution in [2.45, 2.75) is 16.3 Å². The molecule has 7 nitrogen and oxygen atoms in total. The molecule has 0 saturated carbocycles. The van der Waals surface area contributed by atoms with E-state index < -0.39 is 5.76 Å². The molecule has 4 aromatic rings. The summed E-state index contributed by atoms with van der Waals surface area (Å²) in [5, 5.41) is 6.72. The summed E-state index contributed by atoms with van der Waals surface area (Å²) >= 11 is 5.04. The quantitative estimate of drug-likeness (QED) is 0.440. The van der Waals surface area contributed by atoms with Crippen LogP contribution in [0.15, 0.2) is 94.8 Å². The van der Waals surface area contributed by atoms with Gasteiger partial charge in [-0.25, -0.2) is 4.79 Å². The number of rotatable bonds is 6. The number of hydrogen-bond donors (Lipinski definition) is 1. The zero-order valence-corrected chi connectivity index (χ0v) is 17.3. The van der Waals surface area contributed by atoms with Crippen LogP contribution in [-0.2, 0) is 11.3 Å². The minimum absolute atomic E-state index is 0.0297. The summed E-state index contributed by atoms with van der Waals surface area (Å²) in [7, 11) is 0. The number of hydrogen-bond acceptors (Lipinski definition) is 6. The van der Waals surface area contributed by atoms with E-state index in [4.69, 9.17) is 8.83 Å². The minimum atomic E-state index is -0.729. The van der Waals surface area contributed by atoms with Crippen molar-refractivity contribution in [3.05, 3.63) is 82.0 Å². The third-order valence-corrected chi connectivity index (χ3v) is 5.36. The topological polar surface area (TPSA) is 90.3 Å². The van der Waals surface area contributed by atoms with Gasteiger partial charge < -0.3 is 14.2 Å². The van der Waals surface area contributed by atoms with E-state index >= 15 is 0 Å². The SMILES string of the molecule is O=C(Cn1nc(-c2ccco2)oc1=O)Nc1ccc(Sc2ccc(Br)cc2)cc1. The molecule has 9 heteroatoms. The number of amides is 1. The molecular weight excluding hydrogens is 458 g/mol. The highest BCUT2D eigenvalue weighted by atomic mass is 79.9. The van der Waals surface area contributed by atoms with E-state index in [1.54, 1.807) is 36.0 Å². The fourth-order valence-electron chi connectivity index (χ4n) is 2.49. The second-order valence-electron chi connectivity index (χ2n) is 5.94. The van der Waals surface area contributed by atoms with Crippen LogP contribution in [0, 0.1) is 0 Å². The number of aromatic nitrogens is 2. The van der Waals surface area contributed by atoms with Crippen molar-refractivity contribution in [1.82, 2.24) is 9.78 Å². The van der Waals surface area contributed by atoms with Gasteiger partial charge in [0.1, 0.15) is 6.54 Å². The fourth-order valence-corrected chi connectivity index (χ4v) is 3.57. The van der Waals surface area contributed by atoms with Gasteiger partial charge in [-0.05, 0) is 60.7 Å². The zero-order chi connectivity index (χ0) is 20.2. The molecule has 1 N–H and O–H groups in total. The number of nitrogens with one attached hydrogen (secondary N) is 1. The zero-order valence-electron chi connectivity index (χ0n) is 14.9. The molecule has 2 aromatic carbocycles. The number of furan rings is 1. The van der Waals surface area contributed by atoms with Crippen molar-refractivity contribution < 1.29 is 13.6 Å². The molecule has 0 bridgehead atoms. The van der Waals surface area contributed by atoms with E-state index in [2.05, 4.69) is 26.3 Å². The standard InChI is InChI=1S/C20H14BrN3O4S/c21-13-3-7-15(8-4-13)29-16-9-5-14(6-10-16)22-18(25)12-24-20(26)28-19(23-24)17-2-1-11-27-17/h1-11H,12H2,(H,22,25). The van der Waals surface area contributed by atoms with Crippen LogP contribution in [0.4, 0.5) is 5.69 Å². The Morgan fingerprint density at radius 3 is 2.41 bits per heavy atom. The van der Waals surface area contributed by atoms with Gasteiger partial charge in [0.15, 0.2) is 5.76 Å². The Morgan fingerprint density at radius 2 is 1.76 bits per heavy atom. The van der Waals surface area contributed by atoms with Crippen molar-refractivity contribution in [2.75, 3.05) is 5.32 Å². The molecule has 0 aliphatic heterocycles. The molecule has 29 heavy (non-hydrogen) atoms. The van der Waals surface area contributed by atoms with E-state index in [0.29, 0.717) is 11.4 Å². The van der Waals surface area contributed by atoms with Crippen LogP contribution in [0.3, 0.4) is 0 Å². The maximum absolute atomic E-state index is 12.3. The smallest absolute Gasteiger partial charge is 0.437 e. The fraction of sp³-hybridized carbons (Fsp3) is 0.0500. The van der Waals surface area contributed by atoms with Gasteiger partial charge in [0.2, 0.25) is 5.91 Å². The molecule has 0 spiro atoms. The van der Waals surface area contributed by atoms with E-state index in [1.807, 2.05) is 36.4 Å². The Kier molecular flexibility index (Phi) is 5.68. The van der Waals surface area contributed by atoms with Crippen molar-refractivity contribution in [3.8, 4) is 11.7 Å². The highest BCUT2D eigenvalue weighted by Gasteiger charge is 2.15. The Bertz CT molecular complexity index is 1170. The largest absolute Gasteiger partial charge is 0.459 e. The lowest BCUT2D eigenvalue weighted by molar-refractivity contribution is -0.117. The average molecular weight is 472 g/mol. The number of halogens is 1. The molecule has 0 unspecified atom stereocenters. The van der Waals surface area contributed by atoms with Gasteiger partial charge in [0.25, 0.3) is 5.89 Å². The van der Waals surface area contributed by atoms with Crippen LogP contribution in [0.5, 0.6) is 0 Å². The first-order valence-corrected chi connectivity index (χ1v) is 10.1. The van der Waals surface area contributed by atoms with E-state index in [9.17, 15) is 9.59 Å². The normalized spacial score (nSPS) is 10.8. The second kappa shape index (κ2) is 8.54. The minimum Gasteiger partial charge on any atom is -0.459 e. The van der Waals surface area contributed by atoms with Crippen molar-refractivity contribution in [3.63, 3.8) is 0 Å². The van der Waals surface area contributed by atoms with Crippen molar-refractivity contribution in [1.29, 1.82) is 0 Å². The van der Waals surface area contributed by atoms with Crippen molar-refractivity contribution >= 4 is 39.3 Å². The lowest BCUT2D eigenvalue weighted by atomic mass is 10.3. The first-order valence-electron chi connectivity index (χ1n) is 8.52. The molecule has 4 rings (SSSR count). The third-order valence-electron chi connectivity index (χ3n) is 3.82. The molecule has 2 aromatic heterocycles. The lowest BCUT2D eigenvalue weighted by Gasteiger charge is -2.06.